The first-order valence-electron chi connectivity index (χ1n) is 6.60. The summed E-state index contributed by atoms with van der Waals surface area (Å²) in [4.78, 5) is 34.6. The lowest BCUT2D eigenvalue weighted by atomic mass is 10.0. The monoisotopic (exact) mass is 310 g/mol. The molecule has 8 nitrogen and oxygen atoms in total. The molecule has 0 aromatic heterocycles. The normalized spacial score (nSPS) is 15.0. The second-order valence-electron chi connectivity index (χ2n) is 4.68. The van der Waals surface area contributed by atoms with Crippen LogP contribution in [0.15, 0.2) is 53.6 Å². The van der Waals surface area contributed by atoms with Crippen LogP contribution in [0.25, 0.3) is 0 Å². The van der Waals surface area contributed by atoms with Crippen LogP contribution in [-0.4, -0.2) is 22.3 Å². The maximum atomic E-state index is 12.3. The van der Waals surface area contributed by atoms with Crippen molar-refractivity contribution in [1.82, 2.24) is 0 Å². The average molecular weight is 310 g/mol. The molecule has 0 aliphatic carbocycles. The van der Waals surface area contributed by atoms with Crippen molar-refractivity contribution in [2.24, 2.45) is 5.10 Å². The lowest BCUT2D eigenvalue weighted by molar-refractivity contribution is -0.384. The number of carbonyl (C=O) groups excluding carboxylic acids is 2. The van der Waals surface area contributed by atoms with Gasteiger partial charge in [-0.3, -0.25) is 25.1 Å². The Morgan fingerprint density at radius 2 is 1.74 bits per heavy atom. The molecule has 8 heteroatoms. The van der Waals surface area contributed by atoms with E-state index in [0.29, 0.717) is 11.3 Å². The van der Waals surface area contributed by atoms with Gasteiger partial charge in [-0.15, -0.1) is 0 Å². The van der Waals surface area contributed by atoms with E-state index < -0.39 is 16.6 Å². The fourth-order valence-corrected chi connectivity index (χ4v) is 2.15. The number of nitrogens with zero attached hydrogens (tertiary/aromatic N) is 2. The summed E-state index contributed by atoms with van der Waals surface area (Å²) >= 11 is 0. The molecule has 23 heavy (non-hydrogen) atoms. The number of benzene rings is 2. The minimum absolute atomic E-state index is 0.0875. The second-order valence-corrected chi connectivity index (χ2v) is 4.68. The van der Waals surface area contributed by atoms with Crippen molar-refractivity contribution >= 4 is 34.5 Å². The van der Waals surface area contributed by atoms with Crippen molar-refractivity contribution in [2.45, 2.75) is 0 Å². The van der Waals surface area contributed by atoms with Gasteiger partial charge >= 0.3 is 0 Å². The molecule has 0 bridgehead atoms. The number of nitrogens with one attached hydrogen (secondary N) is 2. The highest BCUT2D eigenvalue weighted by Gasteiger charge is 2.30. The summed E-state index contributed by atoms with van der Waals surface area (Å²) < 4.78 is 0. The second kappa shape index (κ2) is 5.68. The van der Waals surface area contributed by atoms with E-state index in [1.54, 1.807) is 30.3 Å². The van der Waals surface area contributed by atoms with Gasteiger partial charge in [0.2, 0.25) is 5.78 Å². The van der Waals surface area contributed by atoms with Crippen LogP contribution in [0.3, 0.4) is 0 Å². The summed E-state index contributed by atoms with van der Waals surface area (Å²) in [5.41, 5.74) is 2.67. The molecule has 2 aromatic rings. The fourth-order valence-electron chi connectivity index (χ4n) is 2.15. The fraction of sp³-hybridized carbons (Fsp3) is 0. The number of carbonyl (C=O) groups is 2. The van der Waals surface area contributed by atoms with Gasteiger partial charge in [-0.1, -0.05) is 24.3 Å². The van der Waals surface area contributed by atoms with Crippen LogP contribution in [0.5, 0.6) is 0 Å². The smallest absolute Gasteiger partial charge is 0.294 e. The lowest BCUT2D eigenvalue weighted by Crippen LogP contribution is -2.36. The molecule has 0 spiro atoms. The maximum Gasteiger partial charge on any atom is 0.294 e. The minimum Gasteiger partial charge on any atom is -0.320 e. The number of hydrazone groups is 1. The van der Waals surface area contributed by atoms with E-state index in [0.717, 1.165) is 0 Å². The number of nitro groups is 1. The SMILES string of the molecule is O=C1Nc2ccccc2C(=O)/C1=N/Nc1ccccc1[N+](=O)[O-]. The minimum atomic E-state index is -0.667. The number of anilines is 2. The lowest BCUT2D eigenvalue weighted by Gasteiger charge is -2.16. The predicted octanol–water partition coefficient (Wildman–Crippen LogP) is 2.20. The molecule has 1 aliphatic heterocycles. The summed E-state index contributed by atoms with van der Waals surface area (Å²) in [6.45, 7) is 0. The molecule has 2 aromatic carbocycles. The Bertz CT molecular complexity index is 860. The van der Waals surface area contributed by atoms with Gasteiger partial charge < -0.3 is 5.32 Å². The van der Waals surface area contributed by atoms with Crippen molar-refractivity contribution in [1.29, 1.82) is 0 Å². The number of Topliss-reactive ketones (excluding diaryl/α,β-unsaturated/α-hetero) is 1. The highest BCUT2D eigenvalue weighted by Crippen LogP contribution is 2.24. The van der Waals surface area contributed by atoms with Gasteiger partial charge in [0.05, 0.1) is 10.6 Å². The van der Waals surface area contributed by atoms with Crippen molar-refractivity contribution in [3.05, 3.63) is 64.2 Å². The molecule has 0 saturated heterocycles. The van der Waals surface area contributed by atoms with E-state index in [1.807, 2.05) is 0 Å². The van der Waals surface area contributed by atoms with E-state index in [1.165, 1.54) is 18.2 Å². The molecule has 1 amide bonds. The van der Waals surface area contributed by atoms with Gasteiger partial charge in [0.15, 0.2) is 5.71 Å². The first-order valence-corrected chi connectivity index (χ1v) is 6.60. The zero-order valence-electron chi connectivity index (χ0n) is 11.6. The Labute approximate surface area is 130 Å². The molecule has 0 fully saturated rings. The van der Waals surface area contributed by atoms with Crippen molar-refractivity contribution in [3.63, 3.8) is 0 Å². The molecular weight excluding hydrogens is 300 g/mol. The Hall–Kier alpha value is -3.55. The number of ketones is 1. The molecule has 0 unspecified atom stereocenters. The van der Waals surface area contributed by atoms with E-state index in [9.17, 15) is 19.7 Å². The molecule has 2 N–H and O–H groups in total. The van der Waals surface area contributed by atoms with Gasteiger partial charge in [-0.05, 0) is 18.2 Å². The van der Waals surface area contributed by atoms with Crippen LogP contribution in [0.2, 0.25) is 0 Å². The quantitative estimate of drug-likeness (QED) is 0.666. The Kier molecular flexibility index (Phi) is 3.55. The third kappa shape index (κ3) is 2.64. The highest BCUT2D eigenvalue weighted by molar-refractivity contribution is 6.72. The summed E-state index contributed by atoms with van der Waals surface area (Å²) in [5.74, 6) is -1.21. The third-order valence-electron chi connectivity index (χ3n) is 3.24. The van der Waals surface area contributed by atoms with Crippen LogP contribution in [0, 0.1) is 10.1 Å². The molecule has 0 saturated carbocycles. The van der Waals surface area contributed by atoms with Crippen LogP contribution < -0.4 is 10.7 Å². The van der Waals surface area contributed by atoms with Gasteiger partial charge in [0, 0.05) is 11.6 Å². The molecular formula is C15H10N4O4. The van der Waals surface area contributed by atoms with Crippen molar-refractivity contribution < 1.29 is 14.5 Å². The van der Waals surface area contributed by atoms with E-state index >= 15 is 0 Å². The number of fused-ring (bicyclic) bond motifs is 1. The summed E-state index contributed by atoms with van der Waals surface area (Å²) in [6.07, 6.45) is 0. The maximum absolute atomic E-state index is 12.3. The molecule has 3 rings (SSSR count). The number of para-hydroxylation sites is 3. The van der Waals surface area contributed by atoms with Crippen LogP contribution in [0.4, 0.5) is 17.1 Å². The van der Waals surface area contributed by atoms with Crippen LogP contribution in [0.1, 0.15) is 10.4 Å². The molecule has 1 aliphatic rings. The average Bonchev–Trinajstić information content (AvgIpc) is 2.55. The summed E-state index contributed by atoms with van der Waals surface area (Å²) in [5, 5.41) is 17.2. The van der Waals surface area contributed by atoms with Gasteiger partial charge in [0.1, 0.15) is 5.69 Å². The first kappa shape index (κ1) is 14.4. The Morgan fingerprint density at radius 3 is 2.52 bits per heavy atom. The summed E-state index contributed by atoms with van der Waals surface area (Å²) in [7, 11) is 0. The Balaban J connectivity index is 1.94. The topological polar surface area (TPSA) is 114 Å². The van der Waals surface area contributed by atoms with Crippen molar-refractivity contribution in [3.8, 4) is 0 Å². The number of rotatable bonds is 3. The Morgan fingerprint density at radius 1 is 1.04 bits per heavy atom. The molecule has 0 radical (unpaired) electrons. The van der Waals surface area contributed by atoms with E-state index in [-0.39, 0.29) is 17.1 Å². The zero-order chi connectivity index (χ0) is 16.4. The number of hydrogen-bond donors (Lipinski definition) is 2. The standard InChI is InChI=1S/C15H10N4O4/c20-14-9-5-1-2-6-10(9)16-15(21)13(14)18-17-11-7-3-4-8-12(11)19(22)23/h1-8,17H,(H,16,21)/b18-13-. The van der Waals surface area contributed by atoms with E-state index in [4.69, 9.17) is 0 Å². The largest absolute Gasteiger partial charge is 0.320 e. The van der Waals surface area contributed by atoms with Gasteiger partial charge in [-0.2, -0.15) is 5.10 Å². The molecule has 1 heterocycles. The summed E-state index contributed by atoms with van der Waals surface area (Å²) in [6, 6.07) is 12.3. The number of hydrogen-bond acceptors (Lipinski definition) is 6. The van der Waals surface area contributed by atoms with Crippen molar-refractivity contribution in [2.75, 3.05) is 10.7 Å². The predicted molar refractivity (Wildman–Crippen MR) is 83.6 cm³/mol. The third-order valence-corrected chi connectivity index (χ3v) is 3.24. The molecule has 0 atom stereocenters. The number of amides is 1. The highest BCUT2D eigenvalue weighted by atomic mass is 16.6. The zero-order valence-corrected chi connectivity index (χ0v) is 11.6. The van der Waals surface area contributed by atoms with Crippen LogP contribution >= 0.6 is 0 Å². The molecule has 114 valence electrons. The van der Waals surface area contributed by atoms with E-state index in [2.05, 4.69) is 15.8 Å². The van der Waals surface area contributed by atoms with Crippen LogP contribution in [-0.2, 0) is 4.79 Å². The van der Waals surface area contributed by atoms with Gasteiger partial charge in [0.25, 0.3) is 11.6 Å². The number of nitro benzene ring substituents is 1. The first-order chi connectivity index (χ1) is 11.1. The van der Waals surface area contributed by atoms with Gasteiger partial charge in [-0.25, -0.2) is 0 Å².